The van der Waals surface area contributed by atoms with E-state index in [0.29, 0.717) is 18.1 Å². The Balaban J connectivity index is 2.38. The van der Waals surface area contributed by atoms with Crippen LogP contribution in [-0.4, -0.2) is 5.78 Å². The van der Waals surface area contributed by atoms with Gasteiger partial charge in [0.15, 0.2) is 0 Å². The molecule has 0 amide bonds. The van der Waals surface area contributed by atoms with E-state index in [1.165, 1.54) is 0 Å². The Labute approximate surface area is 97.9 Å². The van der Waals surface area contributed by atoms with Crippen molar-refractivity contribution in [2.75, 3.05) is 0 Å². The zero-order chi connectivity index (χ0) is 12.1. The molecular formula is C15H20O. The van der Waals surface area contributed by atoms with Gasteiger partial charge in [0.25, 0.3) is 0 Å². The highest BCUT2D eigenvalue weighted by Crippen LogP contribution is 2.63. The van der Waals surface area contributed by atoms with Crippen molar-refractivity contribution in [3.05, 3.63) is 29.5 Å². The third-order valence-corrected chi connectivity index (χ3v) is 4.10. The summed E-state index contributed by atoms with van der Waals surface area (Å²) < 4.78 is 0. The molecule has 1 atom stereocenters. The molecule has 1 fully saturated rings. The standard InChI is InChI=1S/C15H20O/c1-10(2)8-13(16)15-9-12(11(15)3)6-7-14(15,4)5/h7,10H,3,8-9H2,1-2,4-5H3. The number of carbonyl (C=O) groups is 1. The SMILES string of the molecule is C=C1C2=C=CC(C)(C)C1(C(=O)CC(C)C)C2. The molecule has 3 aliphatic rings. The monoisotopic (exact) mass is 216 g/mol. The van der Waals surface area contributed by atoms with Crippen molar-refractivity contribution in [2.24, 2.45) is 16.7 Å². The lowest BCUT2D eigenvalue weighted by atomic mass is 9.45. The first-order valence-electron chi connectivity index (χ1n) is 6.01. The summed E-state index contributed by atoms with van der Waals surface area (Å²) in [5, 5.41) is 0. The van der Waals surface area contributed by atoms with Crippen LogP contribution in [0.1, 0.15) is 40.5 Å². The van der Waals surface area contributed by atoms with Crippen molar-refractivity contribution >= 4 is 5.78 Å². The zero-order valence-electron chi connectivity index (χ0n) is 10.7. The predicted octanol–water partition coefficient (Wildman–Crippen LogP) is 3.67. The molecule has 1 unspecified atom stereocenters. The fourth-order valence-electron chi connectivity index (χ4n) is 2.95. The number of carbonyl (C=O) groups excluding carboxylic acids is 1. The Kier molecular flexibility index (Phi) is 2.29. The van der Waals surface area contributed by atoms with Crippen molar-refractivity contribution in [2.45, 2.75) is 40.5 Å². The molecule has 1 saturated carbocycles. The van der Waals surface area contributed by atoms with Crippen molar-refractivity contribution in [3.8, 4) is 0 Å². The molecule has 0 aliphatic heterocycles. The molecule has 0 aromatic heterocycles. The van der Waals surface area contributed by atoms with Crippen LogP contribution >= 0.6 is 0 Å². The van der Waals surface area contributed by atoms with E-state index in [9.17, 15) is 4.79 Å². The Hall–Kier alpha value is -1.07. The Bertz CT molecular complexity index is 430. The van der Waals surface area contributed by atoms with Gasteiger partial charge in [-0.1, -0.05) is 34.3 Å². The zero-order valence-corrected chi connectivity index (χ0v) is 10.7. The molecule has 16 heavy (non-hydrogen) atoms. The lowest BCUT2D eigenvalue weighted by Crippen LogP contribution is -2.53. The topological polar surface area (TPSA) is 17.1 Å². The van der Waals surface area contributed by atoms with E-state index < -0.39 is 0 Å². The second-order valence-corrected chi connectivity index (χ2v) is 6.07. The van der Waals surface area contributed by atoms with Crippen LogP contribution in [0.2, 0.25) is 0 Å². The number of allylic oxidation sites excluding steroid dienone is 2. The highest BCUT2D eigenvalue weighted by atomic mass is 16.1. The van der Waals surface area contributed by atoms with Gasteiger partial charge in [0.1, 0.15) is 5.78 Å². The highest BCUT2D eigenvalue weighted by molar-refractivity contribution is 5.94. The maximum absolute atomic E-state index is 12.5. The molecule has 0 aromatic rings. The smallest absolute Gasteiger partial charge is 0.144 e. The first-order chi connectivity index (χ1) is 7.31. The van der Waals surface area contributed by atoms with Crippen LogP contribution in [0.15, 0.2) is 29.5 Å². The summed E-state index contributed by atoms with van der Waals surface area (Å²) in [4.78, 5) is 12.5. The Morgan fingerprint density at radius 2 is 2.19 bits per heavy atom. The van der Waals surface area contributed by atoms with Gasteiger partial charge in [0.05, 0.1) is 5.41 Å². The van der Waals surface area contributed by atoms with Crippen molar-refractivity contribution in [3.63, 3.8) is 0 Å². The molecule has 86 valence electrons. The fourth-order valence-corrected chi connectivity index (χ4v) is 2.95. The van der Waals surface area contributed by atoms with Crippen LogP contribution in [0.5, 0.6) is 0 Å². The van der Waals surface area contributed by atoms with Gasteiger partial charge in [0, 0.05) is 11.8 Å². The molecule has 0 aromatic carbocycles. The number of rotatable bonds is 3. The number of ketones is 1. The molecule has 0 N–H and O–H groups in total. The molecule has 2 bridgehead atoms. The molecule has 3 aliphatic carbocycles. The summed E-state index contributed by atoms with van der Waals surface area (Å²) in [6.45, 7) is 12.5. The predicted molar refractivity (Wildman–Crippen MR) is 66.0 cm³/mol. The average Bonchev–Trinajstić information content (AvgIpc) is 2.13. The van der Waals surface area contributed by atoms with Gasteiger partial charge in [-0.15, -0.1) is 5.73 Å². The molecule has 0 heterocycles. The van der Waals surface area contributed by atoms with Crippen molar-refractivity contribution < 1.29 is 4.79 Å². The van der Waals surface area contributed by atoms with Gasteiger partial charge in [0.2, 0.25) is 0 Å². The van der Waals surface area contributed by atoms with E-state index >= 15 is 0 Å². The minimum atomic E-state index is -0.322. The summed E-state index contributed by atoms with van der Waals surface area (Å²) in [5.41, 5.74) is 4.98. The van der Waals surface area contributed by atoms with Crippen LogP contribution < -0.4 is 0 Å². The molecule has 3 rings (SSSR count). The molecule has 1 heteroatoms. The molecule has 0 saturated heterocycles. The van der Waals surface area contributed by atoms with Gasteiger partial charge in [-0.3, -0.25) is 4.79 Å². The summed E-state index contributed by atoms with van der Waals surface area (Å²) in [7, 11) is 0. The maximum atomic E-state index is 12.5. The van der Waals surface area contributed by atoms with Crippen LogP contribution in [0.3, 0.4) is 0 Å². The van der Waals surface area contributed by atoms with Gasteiger partial charge >= 0.3 is 0 Å². The van der Waals surface area contributed by atoms with Gasteiger partial charge < -0.3 is 0 Å². The summed E-state index contributed by atoms with van der Waals surface area (Å²) in [6, 6.07) is 0. The average molecular weight is 216 g/mol. The summed E-state index contributed by atoms with van der Waals surface area (Å²) >= 11 is 0. The summed E-state index contributed by atoms with van der Waals surface area (Å²) in [6.07, 6.45) is 3.56. The van der Waals surface area contributed by atoms with Gasteiger partial charge in [-0.05, 0) is 29.6 Å². The van der Waals surface area contributed by atoms with E-state index in [2.05, 4.69) is 46.1 Å². The quantitative estimate of drug-likeness (QED) is 0.658. The first kappa shape index (κ1) is 11.4. The fraction of sp³-hybridized carbons (Fsp3) is 0.600. The third kappa shape index (κ3) is 1.21. The van der Waals surface area contributed by atoms with Crippen LogP contribution in [0.4, 0.5) is 0 Å². The van der Waals surface area contributed by atoms with E-state index in [-0.39, 0.29) is 10.8 Å². The molecule has 1 nitrogen and oxygen atoms in total. The second kappa shape index (κ2) is 3.21. The maximum Gasteiger partial charge on any atom is 0.144 e. The lowest BCUT2D eigenvalue weighted by molar-refractivity contribution is -0.133. The van der Waals surface area contributed by atoms with Crippen molar-refractivity contribution in [1.29, 1.82) is 0 Å². The van der Waals surface area contributed by atoms with Gasteiger partial charge in [-0.2, -0.15) is 0 Å². The number of fused-ring (bicyclic) bond motifs is 1. The van der Waals surface area contributed by atoms with E-state index in [1.54, 1.807) is 0 Å². The number of hydrogen-bond donors (Lipinski definition) is 0. The third-order valence-electron chi connectivity index (χ3n) is 4.10. The largest absolute Gasteiger partial charge is 0.299 e. The number of Topliss-reactive ketones (excluding diaryl/α,β-unsaturated/α-hetero) is 1. The van der Waals surface area contributed by atoms with Crippen molar-refractivity contribution in [1.82, 2.24) is 0 Å². The minimum absolute atomic E-state index is 0.127. The summed E-state index contributed by atoms with van der Waals surface area (Å²) in [5.74, 6) is 0.781. The van der Waals surface area contributed by atoms with E-state index in [4.69, 9.17) is 0 Å². The van der Waals surface area contributed by atoms with Crippen LogP contribution in [0, 0.1) is 16.7 Å². The van der Waals surface area contributed by atoms with Crippen LogP contribution in [-0.2, 0) is 4.79 Å². The molecule has 0 spiro atoms. The molecule has 0 radical (unpaired) electrons. The van der Waals surface area contributed by atoms with Crippen LogP contribution in [0.25, 0.3) is 0 Å². The first-order valence-corrected chi connectivity index (χ1v) is 6.01. The minimum Gasteiger partial charge on any atom is -0.299 e. The Morgan fingerprint density at radius 3 is 2.62 bits per heavy atom. The normalized spacial score (nSPS) is 30.1. The van der Waals surface area contributed by atoms with E-state index in [0.717, 1.165) is 17.6 Å². The van der Waals surface area contributed by atoms with Gasteiger partial charge in [-0.25, -0.2) is 0 Å². The highest BCUT2D eigenvalue weighted by Gasteiger charge is 2.60. The molecular weight excluding hydrogens is 196 g/mol. The second-order valence-electron chi connectivity index (χ2n) is 6.07. The Morgan fingerprint density at radius 1 is 1.56 bits per heavy atom. The number of hydrogen-bond acceptors (Lipinski definition) is 1. The lowest BCUT2D eigenvalue weighted by Gasteiger charge is -2.55. The van der Waals surface area contributed by atoms with E-state index in [1.807, 2.05) is 0 Å².